The van der Waals surface area contributed by atoms with E-state index >= 15 is 0 Å². The van der Waals surface area contributed by atoms with Gasteiger partial charge in [-0.1, -0.05) is 163 Å². The lowest BCUT2D eigenvalue weighted by molar-refractivity contribution is 0.453. The summed E-state index contributed by atoms with van der Waals surface area (Å²) in [7, 11) is 0. The van der Waals surface area contributed by atoms with Gasteiger partial charge in [0, 0.05) is 14.4 Å². The van der Waals surface area contributed by atoms with Gasteiger partial charge >= 0.3 is 0 Å². The van der Waals surface area contributed by atoms with Crippen LogP contribution < -0.4 is 35.3 Å². The van der Waals surface area contributed by atoms with E-state index in [1.165, 1.54) is 33.2 Å². The maximum Gasteiger partial charge on any atom is 0.260 e. The van der Waals surface area contributed by atoms with Gasteiger partial charge in [-0.2, -0.15) is 0 Å². The Morgan fingerprint density at radius 3 is 1.08 bits per heavy atom. The van der Waals surface area contributed by atoms with Gasteiger partial charge in [0.15, 0.2) is 0 Å². The summed E-state index contributed by atoms with van der Waals surface area (Å²) in [5.74, 6) is 6.53. The Morgan fingerprint density at radius 2 is 0.733 bits per heavy atom. The zero-order valence-corrected chi connectivity index (χ0v) is 41.5. The summed E-state index contributed by atoms with van der Waals surface area (Å²) < 4.78 is 27.6. The maximum atomic E-state index is 6.38. The molecule has 2 heterocycles. The van der Waals surface area contributed by atoms with Gasteiger partial charge in [-0.05, 0) is 131 Å². The Bertz CT molecular complexity index is 2380. The van der Waals surface area contributed by atoms with Gasteiger partial charge in [0.25, 0.3) is 6.71 Å². The van der Waals surface area contributed by atoms with Crippen LogP contribution in [-0.4, -0.2) is 6.71 Å². The molecule has 0 radical (unpaired) electrons. The van der Waals surface area contributed by atoms with Crippen LogP contribution in [0.4, 0.5) is 0 Å². The summed E-state index contributed by atoms with van der Waals surface area (Å²) in [5, 5.41) is 0. The van der Waals surface area contributed by atoms with Crippen molar-refractivity contribution in [2.45, 2.75) is 105 Å². The lowest BCUT2D eigenvalue weighted by atomic mass is 9.34. The number of rotatable bonds is 4. The third-order valence-corrected chi connectivity index (χ3v) is 12.7. The average molecular weight is 994 g/mol. The summed E-state index contributed by atoms with van der Waals surface area (Å²) >= 11 is 10.8. The van der Waals surface area contributed by atoms with E-state index in [2.05, 4.69) is 204 Å². The van der Waals surface area contributed by atoms with Crippen molar-refractivity contribution in [1.82, 2.24) is 0 Å². The molecular formula is C52H54BBr3O4. The summed E-state index contributed by atoms with van der Waals surface area (Å²) in [5.41, 5.74) is 9.07. The lowest BCUT2D eigenvalue weighted by Crippen LogP contribution is -2.57. The summed E-state index contributed by atoms with van der Waals surface area (Å²) in [6, 6.07) is 37.7. The fraction of sp³-hybridized carbons (Fsp3) is 0.308. The molecule has 0 bridgehead atoms. The zero-order valence-electron chi connectivity index (χ0n) is 36.7. The predicted molar refractivity (Wildman–Crippen MR) is 262 cm³/mol. The molecule has 8 rings (SSSR count). The minimum Gasteiger partial charge on any atom is -0.458 e. The Labute approximate surface area is 382 Å². The molecule has 6 aromatic carbocycles. The number of hydrogen-bond acceptors (Lipinski definition) is 4. The summed E-state index contributed by atoms with van der Waals surface area (Å²) in [6.45, 7) is 26.8. The third-order valence-electron chi connectivity index (χ3n) is 11.0. The predicted octanol–water partition coefficient (Wildman–Crippen LogP) is 15.2. The second kappa shape index (κ2) is 16.4. The fourth-order valence-corrected chi connectivity index (χ4v) is 8.62. The molecule has 0 spiro atoms. The van der Waals surface area contributed by atoms with Gasteiger partial charge in [0.2, 0.25) is 0 Å². The van der Waals surface area contributed by atoms with Gasteiger partial charge in [0.1, 0.15) is 50.5 Å². The highest BCUT2D eigenvalue weighted by molar-refractivity contribution is 9.11. The van der Waals surface area contributed by atoms with Gasteiger partial charge in [-0.15, -0.1) is 0 Å². The van der Waals surface area contributed by atoms with Crippen LogP contribution in [0.1, 0.15) is 105 Å². The number of hydrogen-bond donors (Lipinski definition) is 0. The minimum atomic E-state index is 0.0686. The van der Waals surface area contributed by atoms with E-state index in [9.17, 15) is 0 Å². The zero-order chi connectivity index (χ0) is 43.5. The largest absolute Gasteiger partial charge is 0.458 e. The van der Waals surface area contributed by atoms with Crippen LogP contribution in [0.5, 0.6) is 46.0 Å². The van der Waals surface area contributed by atoms with Crippen molar-refractivity contribution in [1.29, 1.82) is 0 Å². The van der Waals surface area contributed by atoms with Crippen molar-refractivity contribution >= 4 is 70.9 Å². The average Bonchev–Trinajstić information content (AvgIpc) is 3.15. The number of benzene rings is 6. The molecule has 0 N–H and O–H groups in total. The SMILES string of the molecule is CC(C)(C)c1ccc(Oc2cc(Br)cc(Oc3ccc(C(C)(C)C)cc3)c2Br)cc1.CC(C)(C)c1ccc2c(c1)B1c3cc(C(C)(C)C)ccc3Oc3cc(Br)cc(c31)O2. The quantitative estimate of drug-likeness (QED) is 0.165. The molecule has 2 aliphatic rings. The first-order chi connectivity index (χ1) is 28.0. The van der Waals surface area contributed by atoms with E-state index in [1.54, 1.807) is 0 Å². The van der Waals surface area contributed by atoms with E-state index in [4.69, 9.17) is 18.9 Å². The van der Waals surface area contributed by atoms with Gasteiger partial charge in [0.05, 0.1) is 0 Å². The molecule has 0 atom stereocenters. The Kier molecular flexibility index (Phi) is 12.0. The molecule has 8 heteroatoms. The molecule has 0 amide bonds. The molecule has 0 unspecified atom stereocenters. The molecule has 0 saturated carbocycles. The van der Waals surface area contributed by atoms with E-state index in [0.717, 1.165) is 53.4 Å². The highest BCUT2D eigenvalue weighted by Crippen LogP contribution is 2.43. The molecule has 0 saturated heterocycles. The minimum absolute atomic E-state index is 0.0686. The van der Waals surface area contributed by atoms with Crippen LogP contribution in [0.25, 0.3) is 0 Å². The van der Waals surface area contributed by atoms with E-state index in [0.29, 0.717) is 11.5 Å². The van der Waals surface area contributed by atoms with Gasteiger partial charge in [-0.25, -0.2) is 0 Å². The van der Waals surface area contributed by atoms with Crippen LogP contribution in [0.2, 0.25) is 0 Å². The van der Waals surface area contributed by atoms with Crippen LogP contribution in [0.15, 0.2) is 123 Å². The normalized spacial score (nSPS) is 13.2. The van der Waals surface area contributed by atoms with Crippen LogP contribution in [0.3, 0.4) is 0 Å². The molecule has 4 nitrogen and oxygen atoms in total. The van der Waals surface area contributed by atoms with Crippen molar-refractivity contribution in [2.75, 3.05) is 0 Å². The first-order valence-corrected chi connectivity index (χ1v) is 22.9. The highest BCUT2D eigenvalue weighted by atomic mass is 79.9. The Hall–Kier alpha value is -3.98. The molecule has 6 aromatic rings. The van der Waals surface area contributed by atoms with E-state index in [1.807, 2.05) is 36.4 Å². The van der Waals surface area contributed by atoms with Gasteiger partial charge in [-0.3, -0.25) is 0 Å². The molecule has 0 fully saturated rings. The van der Waals surface area contributed by atoms with Crippen molar-refractivity contribution in [2.24, 2.45) is 0 Å². The van der Waals surface area contributed by atoms with Crippen LogP contribution >= 0.6 is 47.8 Å². The standard InChI is InChI=1S/C26H26BBrO2.C26H28Br2O2/c1-25(2,3)15-7-9-20-18(11-15)27-19-12-16(26(4,5)6)8-10-21(19)30-23-14-17(28)13-22(29-20)24(23)27;1-25(2,3)17-7-11-20(12-8-17)29-22-15-19(27)16-23(24(22)28)30-21-13-9-18(10-14-21)26(4,5)6/h7-14H,1-6H3;7-16H,1-6H3. The smallest absolute Gasteiger partial charge is 0.260 e. The fourth-order valence-electron chi connectivity index (χ4n) is 7.39. The lowest BCUT2D eigenvalue weighted by Gasteiger charge is -2.35. The highest BCUT2D eigenvalue weighted by Gasteiger charge is 2.41. The maximum absolute atomic E-state index is 6.38. The Balaban J connectivity index is 0.000000181. The van der Waals surface area contributed by atoms with Crippen molar-refractivity contribution in [3.8, 4) is 46.0 Å². The number of fused-ring (bicyclic) bond motifs is 4. The third kappa shape index (κ3) is 9.56. The first kappa shape index (κ1) is 44.1. The molecular weight excluding hydrogens is 939 g/mol. The van der Waals surface area contributed by atoms with Crippen LogP contribution in [0, 0.1) is 0 Å². The van der Waals surface area contributed by atoms with E-state index in [-0.39, 0.29) is 28.4 Å². The molecule has 0 aliphatic carbocycles. The molecule has 60 heavy (non-hydrogen) atoms. The monoisotopic (exact) mass is 990 g/mol. The summed E-state index contributed by atoms with van der Waals surface area (Å²) in [4.78, 5) is 0. The molecule has 2 aliphatic heterocycles. The molecule has 310 valence electrons. The second-order valence-electron chi connectivity index (χ2n) is 19.9. The van der Waals surface area contributed by atoms with Crippen molar-refractivity contribution < 1.29 is 18.9 Å². The topological polar surface area (TPSA) is 36.9 Å². The number of halogens is 3. The number of ether oxygens (including phenoxy) is 4. The van der Waals surface area contributed by atoms with Crippen molar-refractivity contribution in [3.63, 3.8) is 0 Å². The molecule has 0 aromatic heterocycles. The van der Waals surface area contributed by atoms with Crippen LogP contribution in [-0.2, 0) is 21.7 Å². The Morgan fingerprint density at radius 1 is 0.400 bits per heavy atom. The van der Waals surface area contributed by atoms with E-state index < -0.39 is 0 Å². The summed E-state index contributed by atoms with van der Waals surface area (Å²) in [6.07, 6.45) is 0. The van der Waals surface area contributed by atoms with Gasteiger partial charge < -0.3 is 18.9 Å². The first-order valence-electron chi connectivity index (χ1n) is 20.5. The van der Waals surface area contributed by atoms with Crippen molar-refractivity contribution in [3.05, 3.63) is 145 Å². The second-order valence-corrected chi connectivity index (χ2v) is 22.6.